The highest BCUT2D eigenvalue weighted by Gasteiger charge is 2.34. The van der Waals surface area contributed by atoms with E-state index in [1.807, 2.05) is 12.1 Å². The molecule has 1 N–H and O–H groups in total. The number of para-hydroxylation sites is 1. The molecule has 0 radical (unpaired) electrons. The number of carbonyl (C=O) groups excluding carboxylic acids is 2. The van der Waals surface area contributed by atoms with Crippen LogP contribution in [0.3, 0.4) is 0 Å². The predicted molar refractivity (Wildman–Crippen MR) is 125 cm³/mol. The molecular weight excluding hydrogens is 451 g/mol. The molecule has 32 heavy (non-hydrogen) atoms. The van der Waals surface area contributed by atoms with Crippen LogP contribution in [-0.2, 0) is 16.2 Å². The fourth-order valence-electron chi connectivity index (χ4n) is 3.11. The van der Waals surface area contributed by atoms with Gasteiger partial charge in [-0.3, -0.25) is 19.8 Å². The number of ether oxygens (including phenoxy) is 1. The molecule has 1 saturated heterocycles. The molecule has 5 nitrogen and oxygen atoms in total. The molecule has 1 aliphatic heterocycles. The van der Waals surface area contributed by atoms with Crippen molar-refractivity contribution in [1.82, 2.24) is 5.32 Å². The van der Waals surface area contributed by atoms with E-state index in [9.17, 15) is 14.0 Å². The lowest BCUT2D eigenvalue weighted by atomic mass is 10.1. The molecule has 0 bridgehead atoms. The van der Waals surface area contributed by atoms with E-state index in [1.165, 1.54) is 30.3 Å². The first kappa shape index (κ1) is 21.7. The zero-order valence-corrected chi connectivity index (χ0v) is 18.1. The Balaban J connectivity index is 1.62. The van der Waals surface area contributed by atoms with Crippen molar-refractivity contribution in [1.29, 1.82) is 0 Å². The van der Waals surface area contributed by atoms with Gasteiger partial charge in [-0.05, 0) is 66.3 Å². The average Bonchev–Trinajstić information content (AvgIpc) is 2.78. The molecule has 1 aliphatic rings. The third-order valence-electron chi connectivity index (χ3n) is 4.71. The van der Waals surface area contributed by atoms with Gasteiger partial charge in [0.2, 0.25) is 0 Å². The van der Waals surface area contributed by atoms with E-state index in [-0.39, 0.29) is 17.3 Å². The predicted octanol–water partition coefficient (Wildman–Crippen LogP) is 4.89. The number of nitrogens with one attached hydrogen (secondary N) is 1. The molecular formula is C24H16ClFN2O3S. The lowest BCUT2D eigenvalue weighted by Gasteiger charge is -2.29. The number of halogens is 2. The molecule has 0 unspecified atom stereocenters. The Hall–Kier alpha value is -3.55. The molecule has 160 valence electrons. The smallest absolute Gasteiger partial charge is 0.270 e. The highest BCUT2D eigenvalue weighted by Crippen LogP contribution is 2.26. The van der Waals surface area contributed by atoms with Crippen LogP contribution in [0.5, 0.6) is 5.75 Å². The lowest BCUT2D eigenvalue weighted by Crippen LogP contribution is -2.54. The summed E-state index contributed by atoms with van der Waals surface area (Å²) in [6, 6.07) is 19.5. The van der Waals surface area contributed by atoms with Gasteiger partial charge in [-0.15, -0.1) is 0 Å². The Kier molecular flexibility index (Phi) is 6.30. The van der Waals surface area contributed by atoms with Gasteiger partial charge in [-0.1, -0.05) is 41.9 Å². The standard InChI is InChI=1S/C24H16ClFN2O3S/c25-17-7-5-15(6-8-17)14-31-21-4-2-1-3-16(21)13-20-22(29)27-24(32)28(23(20)30)19-11-9-18(26)10-12-19/h1-13H,14H2,(H,27,29,32)/b20-13-. The van der Waals surface area contributed by atoms with Gasteiger partial charge in [0.1, 0.15) is 23.7 Å². The minimum Gasteiger partial charge on any atom is -0.488 e. The Morgan fingerprint density at radius 1 is 1.00 bits per heavy atom. The summed E-state index contributed by atoms with van der Waals surface area (Å²) < 4.78 is 19.2. The van der Waals surface area contributed by atoms with Crippen molar-refractivity contribution in [2.45, 2.75) is 6.61 Å². The SMILES string of the molecule is O=C1NC(=S)N(c2ccc(F)cc2)C(=O)/C1=C\c1ccccc1OCc1ccc(Cl)cc1. The fourth-order valence-corrected chi connectivity index (χ4v) is 3.52. The first-order chi connectivity index (χ1) is 15.4. The minimum atomic E-state index is -0.620. The van der Waals surface area contributed by atoms with Crippen LogP contribution in [0.2, 0.25) is 5.02 Å². The maximum atomic E-state index is 13.3. The van der Waals surface area contributed by atoms with Crippen LogP contribution in [0.15, 0.2) is 78.4 Å². The quantitative estimate of drug-likeness (QED) is 0.330. The maximum absolute atomic E-state index is 13.3. The summed E-state index contributed by atoms with van der Waals surface area (Å²) in [5, 5.41) is 3.06. The summed E-state index contributed by atoms with van der Waals surface area (Å²) in [4.78, 5) is 26.8. The second-order valence-electron chi connectivity index (χ2n) is 6.89. The third kappa shape index (κ3) is 4.69. The molecule has 1 fully saturated rings. The van der Waals surface area contributed by atoms with Gasteiger partial charge in [0.25, 0.3) is 11.8 Å². The molecule has 0 aliphatic carbocycles. The lowest BCUT2D eigenvalue weighted by molar-refractivity contribution is -0.122. The van der Waals surface area contributed by atoms with Crippen LogP contribution in [0, 0.1) is 5.82 Å². The summed E-state index contributed by atoms with van der Waals surface area (Å²) in [5.74, 6) is -1.18. The third-order valence-corrected chi connectivity index (χ3v) is 5.25. The van der Waals surface area contributed by atoms with Gasteiger partial charge < -0.3 is 4.74 Å². The summed E-state index contributed by atoms with van der Waals surface area (Å²) in [6.45, 7) is 0.281. The monoisotopic (exact) mass is 466 g/mol. The van der Waals surface area contributed by atoms with Crippen molar-refractivity contribution in [2.24, 2.45) is 0 Å². The van der Waals surface area contributed by atoms with E-state index in [1.54, 1.807) is 36.4 Å². The van der Waals surface area contributed by atoms with E-state index < -0.39 is 17.6 Å². The molecule has 3 aromatic rings. The van der Waals surface area contributed by atoms with E-state index in [0.29, 0.717) is 22.0 Å². The number of nitrogens with zero attached hydrogens (tertiary/aromatic N) is 1. The molecule has 0 spiro atoms. The number of benzene rings is 3. The number of amides is 2. The van der Waals surface area contributed by atoms with E-state index in [4.69, 9.17) is 28.6 Å². The number of carbonyl (C=O) groups is 2. The van der Waals surface area contributed by atoms with Gasteiger partial charge >= 0.3 is 0 Å². The fraction of sp³-hybridized carbons (Fsp3) is 0.0417. The van der Waals surface area contributed by atoms with Gasteiger partial charge in [-0.2, -0.15) is 0 Å². The van der Waals surface area contributed by atoms with Crippen LogP contribution in [0.1, 0.15) is 11.1 Å². The first-order valence-electron chi connectivity index (χ1n) is 9.55. The van der Waals surface area contributed by atoms with Gasteiger partial charge in [0.15, 0.2) is 5.11 Å². The van der Waals surface area contributed by atoms with Gasteiger partial charge in [0.05, 0.1) is 5.69 Å². The Labute approximate surface area is 194 Å². The highest BCUT2D eigenvalue weighted by atomic mass is 35.5. The number of hydrogen-bond acceptors (Lipinski definition) is 4. The number of anilines is 1. The van der Waals surface area contributed by atoms with E-state index >= 15 is 0 Å². The zero-order valence-electron chi connectivity index (χ0n) is 16.5. The van der Waals surface area contributed by atoms with Crippen LogP contribution in [-0.4, -0.2) is 16.9 Å². The molecule has 2 amide bonds. The van der Waals surface area contributed by atoms with E-state index in [2.05, 4.69) is 5.32 Å². The molecule has 0 atom stereocenters. The number of rotatable bonds is 5. The summed E-state index contributed by atoms with van der Waals surface area (Å²) in [6.07, 6.45) is 1.45. The van der Waals surface area contributed by atoms with Crippen LogP contribution in [0.4, 0.5) is 10.1 Å². The number of thiocarbonyl (C=S) groups is 1. The van der Waals surface area contributed by atoms with Crippen molar-refractivity contribution in [3.8, 4) is 5.75 Å². The summed E-state index contributed by atoms with van der Waals surface area (Å²) >= 11 is 11.1. The van der Waals surface area contributed by atoms with Crippen molar-refractivity contribution in [2.75, 3.05) is 4.90 Å². The molecule has 4 rings (SSSR count). The van der Waals surface area contributed by atoms with E-state index in [0.717, 1.165) is 10.5 Å². The van der Waals surface area contributed by atoms with Crippen molar-refractivity contribution in [3.05, 3.63) is 100 Å². The van der Waals surface area contributed by atoms with Crippen molar-refractivity contribution >= 4 is 52.5 Å². The number of hydrogen-bond donors (Lipinski definition) is 1. The molecule has 0 aromatic heterocycles. The second-order valence-corrected chi connectivity index (χ2v) is 7.71. The normalized spacial score (nSPS) is 15.1. The second kappa shape index (κ2) is 9.30. The molecule has 1 heterocycles. The molecule has 3 aromatic carbocycles. The van der Waals surface area contributed by atoms with Crippen LogP contribution >= 0.6 is 23.8 Å². The van der Waals surface area contributed by atoms with Crippen molar-refractivity contribution in [3.63, 3.8) is 0 Å². The van der Waals surface area contributed by atoms with Crippen LogP contribution in [0.25, 0.3) is 6.08 Å². The Morgan fingerprint density at radius 2 is 1.69 bits per heavy atom. The highest BCUT2D eigenvalue weighted by molar-refractivity contribution is 7.80. The Morgan fingerprint density at radius 3 is 2.41 bits per heavy atom. The first-order valence-corrected chi connectivity index (χ1v) is 10.3. The summed E-state index contributed by atoms with van der Waals surface area (Å²) in [7, 11) is 0. The van der Waals surface area contributed by atoms with Crippen molar-refractivity contribution < 1.29 is 18.7 Å². The maximum Gasteiger partial charge on any atom is 0.270 e. The van der Waals surface area contributed by atoms with Gasteiger partial charge in [0, 0.05) is 10.6 Å². The molecule has 0 saturated carbocycles. The Bertz CT molecular complexity index is 1230. The average molecular weight is 467 g/mol. The minimum absolute atomic E-state index is 0.0731. The zero-order chi connectivity index (χ0) is 22.7. The molecule has 8 heteroatoms. The van der Waals surface area contributed by atoms with Gasteiger partial charge in [-0.25, -0.2) is 4.39 Å². The van der Waals surface area contributed by atoms with Crippen LogP contribution < -0.4 is 15.0 Å². The topological polar surface area (TPSA) is 58.6 Å². The summed E-state index contributed by atoms with van der Waals surface area (Å²) in [5.41, 5.74) is 1.69. The largest absolute Gasteiger partial charge is 0.488 e.